The quantitative estimate of drug-likeness (QED) is 0.275. The Balaban J connectivity index is 1.23. The first-order chi connectivity index (χ1) is 23.0. The lowest BCUT2D eigenvalue weighted by Gasteiger charge is -2.33. The summed E-state index contributed by atoms with van der Waals surface area (Å²) in [6.07, 6.45) is 3.22. The molecule has 0 saturated carbocycles. The predicted octanol–water partition coefficient (Wildman–Crippen LogP) is 3.59. The number of nitrogens with zero attached hydrogens (tertiary/aromatic N) is 4. The molecule has 3 amide bonds. The molecule has 3 aliphatic heterocycles. The number of para-hydroxylation sites is 1. The number of pyridine rings is 1. The summed E-state index contributed by atoms with van der Waals surface area (Å²) in [4.78, 5) is 63.4. The van der Waals surface area contributed by atoms with Crippen molar-refractivity contribution in [2.75, 3.05) is 54.8 Å². The highest BCUT2D eigenvalue weighted by Crippen LogP contribution is 2.37. The van der Waals surface area contributed by atoms with E-state index in [1.54, 1.807) is 67.0 Å². The van der Waals surface area contributed by atoms with Crippen LogP contribution in [0.3, 0.4) is 0 Å². The van der Waals surface area contributed by atoms with Gasteiger partial charge in [0.05, 0.1) is 24.5 Å². The molecule has 4 heterocycles. The number of amides is 3. The van der Waals surface area contributed by atoms with Crippen LogP contribution in [0.5, 0.6) is 11.5 Å². The number of nitrogens with one attached hydrogen (secondary N) is 1. The summed E-state index contributed by atoms with van der Waals surface area (Å²) in [5, 5.41) is 2.99. The number of morpholine rings is 1. The van der Waals surface area contributed by atoms with Crippen LogP contribution in [0.15, 0.2) is 91.3 Å². The van der Waals surface area contributed by atoms with Gasteiger partial charge in [-0.2, -0.15) is 0 Å². The molecule has 0 unspecified atom stereocenters. The normalized spacial score (nSPS) is 15.7. The minimum Gasteiger partial charge on any atom is -0.454 e. The van der Waals surface area contributed by atoms with Gasteiger partial charge in [-0.1, -0.05) is 24.3 Å². The number of hydrogen-bond acceptors (Lipinski definition) is 9. The number of carbonyl (C=O) groups excluding carboxylic acids is 4. The number of Topliss-reactive ketones (excluding diaryl/α,β-unsaturated/α-hetero) is 1. The zero-order valence-electron chi connectivity index (χ0n) is 25.3. The minimum absolute atomic E-state index is 0.00715. The fraction of sp³-hybridized carbons (Fsp3) is 0.229. The molecule has 12 nitrogen and oxygen atoms in total. The van der Waals surface area contributed by atoms with Crippen molar-refractivity contribution in [3.8, 4) is 11.5 Å². The van der Waals surface area contributed by atoms with Gasteiger partial charge in [-0.25, -0.2) is 0 Å². The molecular formula is C35H31N5O7. The third-order valence-corrected chi connectivity index (χ3v) is 8.35. The van der Waals surface area contributed by atoms with E-state index in [-0.39, 0.29) is 18.9 Å². The van der Waals surface area contributed by atoms with Crippen molar-refractivity contribution in [1.82, 2.24) is 9.88 Å². The molecule has 0 aliphatic carbocycles. The largest absolute Gasteiger partial charge is 0.454 e. The van der Waals surface area contributed by atoms with Crippen LogP contribution in [0.25, 0.3) is 0 Å². The average molecular weight is 634 g/mol. The SMILES string of the molecule is O=C1C(=O)N(CC(=O)N(Cc2cccnc2)[C@H](C(=O)Nc2ccc(N3CCOCC3)cc2)c2ccc3c(c2)OCO3)c2ccccc21. The number of carbonyl (C=O) groups is 4. The van der Waals surface area contributed by atoms with Crippen molar-refractivity contribution in [2.24, 2.45) is 0 Å². The number of aromatic nitrogens is 1. The number of ketones is 1. The average Bonchev–Trinajstić information content (AvgIpc) is 3.67. The van der Waals surface area contributed by atoms with Crippen LogP contribution >= 0.6 is 0 Å². The Kier molecular flexibility index (Phi) is 8.23. The van der Waals surface area contributed by atoms with Crippen LogP contribution < -0.4 is 24.6 Å². The lowest BCUT2D eigenvalue weighted by atomic mass is 10.0. The lowest BCUT2D eigenvalue weighted by Crippen LogP contribution is -2.46. The highest BCUT2D eigenvalue weighted by Gasteiger charge is 2.40. The van der Waals surface area contributed by atoms with Gasteiger partial charge in [0.25, 0.3) is 17.6 Å². The molecule has 12 heteroatoms. The van der Waals surface area contributed by atoms with Crippen molar-refractivity contribution in [2.45, 2.75) is 12.6 Å². The summed E-state index contributed by atoms with van der Waals surface area (Å²) in [6.45, 7) is 2.43. The molecule has 47 heavy (non-hydrogen) atoms. The Morgan fingerprint density at radius 1 is 0.915 bits per heavy atom. The Bertz CT molecular complexity index is 1830. The summed E-state index contributed by atoms with van der Waals surface area (Å²) in [7, 11) is 0. The molecule has 0 radical (unpaired) electrons. The molecule has 3 aliphatic rings. The zero-order chi connectivity index (χ0) is 32.3. The topological polar surface area (TPSA) is 131 Å². The molecule has 3 aromatic carbocycles. The molecule has 1 fully saturated rings. The summed E-state index contributed by atoms with van der Waals surface area (Å²) in [5.74, 6) is -1.55. The second kappa shape index (κ2) is 12.9. The summed E-state index contributed by atoms with van der Waals surface area (Å²) >= 11 is 0. The third-order valence-electron chi connectivity index (χ3n) is 8.35. The fourth-order valence-corrected chi connectivity index (χ4v) is 5.99. The molecule has 1 N–H and O–H groups in total. The van der Waals surface area contributed by atoms with Gasteiger partial charge in [-0.05, 0) is 65.7 Å². The first kappa shape index (κ1) is 29.9. The summed E-state index contributed by atoms with van der Waals surface area (Å²) in [6, 6.07) is 21.5. The van der Waals surface area contributed by atoms with Gasteiger partial charge in [-0.15, -0.1) is 0 Å². The van der Waals surface area contributed by atoms with Crippen LogP contribution in [0.4, 0.5) is 17.1 Å². The Labute approximate surface area is 270 Å². The molecule has 1 atom stereocenters. The number of anilines is 3. The van der Waals surface area contributed by atoms with E-state index in [0.29, 0.717) is 47.2 Å². The minimum atomic E-state index is -1.17. The van der Waals surface area contributed by atoms with Gasteiger partial charge >= 0.3 is 0 Å². The maximum atomic E-state index is 14.3. The molecule has 4 aromatic rings. The number of benzene rings is 3. The summed E-state index contributed by atoms with van der Waals surface area (Å²) in [5.41, 5.74) is 3.27. The van der Waals surface area contributed by atoms with E-state index >= 15 is 0 Å². The smallest absolute Gasteiger partial charge is 0.299 e. The number of rotatable bonds is 9. The standard InChI is InChI=1S/C35H31N5O7/c41-31(21-39-28-6-2-1-5-27(28)33(42)35(39)44)40(20-23-4-3-13-36-19-23)32(24-7-12-29-30(18-24)47-22-46-29)34(43)37-25-8-10-26(11-9-25)38-14-16-45-17-15-38/h1-13,18-19,32H,14-17,20-22H2,(H,37,43)/t32-/m0/s1. The summed E-state index contributed by atoms with van der Waals surface area (Å²) < 4.78 is 16.6. The zero-order valence-corrected chi connectivity index (χ0v) is 25.3. The number of hydrogen-bond donors (Lipinski definition) is 1. The van der Waals surface area contributed by atoms with Gasteiger partial charge in [0, 0.05) is 43.4 Å². The van der Waals surface area contributed by atoms with E-state index in [4.69, 9.17) is 14.2 Å². The fourth-order valence-electron chi connectivity index (χ4n) is 5.99. The van der Waals surface area contributed by atoms with Crippen LogP contribution in [0.2, 0.25) is 0 Å². The van der Waals surface area contributed by atoms with E-state index in [1.165, 1.54) is 4.90 Å². The van der Waals surface area contributed by atoms with E-state index < -0.39 is 36.1 Å². The molecule has 1 saturated heterocycles. The van der Waals surface area contributed by atoms with Crippen LogP contribution in [-0.2, 0) is 25.7 Å². The van der Waals surface area contributed by atoms with Crippen molar-refractivity contribution in [3.63, 3.8) is 0 Å². The molecule has 0 spiro atoms. The second-order valence-electron chi connectivity index (χ2n) is 11.3. The second-order valence-corrected chi connectivity index (χ2v) is 11.3. The lowest BCUT2D eigenvalue weighted by molar-refractivity contribution is -0.139. The van der Waals surface area contributed by atoms with E-state index in [1.807, 2.05) is 24.3 Å². The third kappa shape index (κ3) is 6.10. The van der Waals surface area contributed by atoms with Gasteiger partial charge < -0.3 is 29.3 Å². The van der Waals surface area contributed by atoms with Crippen LogP contribution in [0.1, 0.15) is 27.5 Å². The highest BCUT2D eigenvalue weighted by molar-refractivity contribution is 6.52. The molecule has 1 aromatic heterocycles. The van der Waals surface area contributed by atoms with Crippen molar-refractivity contribution in [1.29, 1.82) is 0 Å². The predicted molar refractivity (Wildman–Crippen MR) is 171 cm³/mol. The Hall–Kier alpha value is -5.75. The first-order valence-electron chi connectivity index (χ1n) is 15.2. The van der Waals surface area contributed by atoms with E-state index in [2.05, 4.69) is 15.2 Å². The van der Waals surface area contributed by atoms with Gasteiger partial charge in [0.15, 0.2) is 11.5 Å². The molecule has 238 valence electrons. The van der Waals surface area contributed by atoms with Crippen molar-refractivity contribution in [3.05, 3.63) is 108 Å². The van der Waals surface area contributed by atoms with Gasteiger partial charge in [-0.3, -0.25) is 29.1 Å². The highest BCUT2D eigenvalue weighted by atomic mass is 16.7. The maximum Gasteiger partial charge on any atom is 0.299 e. The maximum absolute atomic E-state index is 14.3. The van der Waals surface area contributed by atoms with Crippen LogP contribution in [-0.4, -0.2) is 73.0 Å². The first-order valence-corrected chi connectivity index (χ1v) is 15.2. The van der Waals surface area contributed by atoms with Gasteiger partial charge in [0.2, 0.25) is 12.7 Å². The van der Waals surface area contributed by atoms with Crippen LogP contribution in [0, 0.1) is 0 Å². The number of ether oxygens (including phenoxy) is 3. The molecular weight excluding hydrogens is 602 g/mol. The Morgan fingerprint density at radius 3 is 2.49 bits per heavy atom. The Morgan fingerprint density at radius 2 is 1.70 bits per heavy atom. The molecule has 7 rings (SSSR count). The van der Waals surface area contributed by atoms with E-state index in [9.17, 15) is 19.2 Å². The van der Waals surface area contributed by atoms with E-state index in [0.717, 1.165) is 23.7 Å². The monoisotopic (exact) mass is 633 g/mol. The van der Waals surface area contributed by atoms with Gasteiger partial charge in [0.1, 0.15) is 12.6 Å². The van der Waals surface area contributed by atoms with Crippen molar-refractivity contribution < 1.29 is 33.4 Å². The number of fused-ring (bicyclic) bond motifs is 2. The van der Waals surface area contributed by atoms with Crippen molar-refractivity contribution >= 4 is 40.6 Å². The molecule has 0 bridgehead atoms.